The number of amides is 1. The van der Waals surface area contributed by atoms with E-state index in [1.165, 1.54) is 0 Å². The number of pyridine rings is 1. The first-order valence-corrected chi connectivity index (χ1v) is 9.57. The summed E-state index contributed by atoms with van der Waals surface area (Å²) in [4.78, 5) is 17.0. The molecule has 7 nitrogen and oxygen atoms in total. The first-order chi connectivity index (χ1) is 13.3. The molecule has 3 aromatic heterocycles. The van der Waals surface area contributed by atoms with E-state index in [4.69, 9.17) is 0 Å². The molecule has 1 amide bonds. The highest BCUT2D eigenvalue weighted by atomic mass is 79.9. The maximum Gasteiger partial charge on any atom is 0.255 e. The van der Waals surface area contributed by atoms with Crippen LogP contribution in [0.25, 0.3) is 16.7 Å². The molecule has 28 heavy (non-hydrogen) atoms. The Labute approximate surface area is 170 Å². The van der Waals surface area contributed by atoms with Crippen LogP contribution in [0.2, 0.25) is 0 Å². The zero-order valence-corrected chi connectivity index (χ0v) is 17.6. The Morgan fingerprint density at radius 2 is 1.79 bits per heavy atom. The molecule has 4 rings (SSSR count). The first-order valence-electron chi connectivity index (χ1n) is 8.78. The second-order valence-electron chi connectivity index (χ2n) is 6.70. The third kappa shape index (κ3) is 3.09. The zero-order chi connectivity index (χ0) is 20.0. The van der Waals surface area contributed by atoms with Crippen LogP contribution in [0.4, 0.5) is 5.69 Å². The molecule has 3 heterocycles. The van der Waals surface area contributed by atoms with Gasteiger partial charge >= 0.3 is 0 Å². The highest BCUT2D eigenvalue weighted by molar-refractivity contribution is 9.10. The highest BCUT2D eigenvalue weighted by Gasteiger charge is 2.13. The summed E-state index contributed by atoms with van der Waals surface area (Å²) in [5.41, 5.74) is 5.70. The largest absolute Gasteiger partial charge is 0.321 e. The smallest absolute Gasteiger partial charge is 0.255 e. The quantitative estimate of drug-likeness (QED) is 0.522. The van der Waals surface area contributed by atoms with Gasteiger partial charge in [0.25, 0.3) is 5.91 Å². The molecule has 1 N–H and O–H groups in total. The van der Waals surface area contributed by atoms with Crippen molar-refractivity contribution in [2.24, 2.45) is 7.05 Å². The molecule has 0 saturated carbocycles. The summed E-state index contributed by atoms with van der Waals surface area (Å²) < 4.78 is 4.57. The van der Waals surface area contributed by atoms with Crippen molar-refractivity contribution in [3.05, 3.63) is 63.6 Å². The molecular weight excluding hydrogens is 420 g/mol. The molecule has 0 aliphatic heterocycles. The molecular formula is C20H19BrN6O. The van der Waals surface area contributed by atoms with Gasteiger partial charge in [0.05, 0.1) is 39.1 Å². The minimum absolute atomic E-state index is 0.191. The van der Waals surface area contributed by atoms with Crippen LogP contribution in [0.5, 0.6) is 0 Å². The van der Waals surface area contributed by atoms with Gasteiger partial charge in [-0.2, -0.15) is 10.2 Å². The lowest BCUT2D eigenvalue weighted by Gasteiger charge is -2.08. The van der Waals surface area contributed by atoms with Crippen LogP contribution in [-0.2, 0) is 7.05 Å². The van der Waals surface area contributed by atoms with Crippen LogP contribution in [0, 0.1) is 20.8 Å². The lowest BCUT2D eigenvalue weighted by Crippen LogP contribution is -2.12. The molecule has 0 radical (unpaired) electrons. The number of benzene rings is 1. The highest BCUT2D eigenvalue weighted by Crippen LogP contribution is 2.23. The Bertz CT molecular complexity index is 1210. The summed E-state index contributed by atoms with van der Waals surface area (Å²) in [6, 6.07) is 9.23. The second kappa shape index (κ2) is 6.87. The fraction of sp³-hybridized carbons (Fsp3) is 0.200. The van der Waals surface area contributed by atoms with Crippen molar-refractivity contribution < 1.29 is 4.79 Å². The van der Waals surface area contributed by atoms with E-state index >= 15 is 0 Å². The predicted octanol–water partition coefficient (Wildman–Crippen LogP) is 4.09. The van der Waals surface area contributed by atoms with Crippen molar-refractivity contribution in [1.29, 1.82) is 0 Å². The van der Waals surface area contributed by atoms with Gasteiger partial charge in [-0.1, -0.05) is 0 Å². The van der Waals surface area contributed by atoms with E-state index in [1.807, 2.05) is 50.7 Å². The number of anilines is 1. The van der Waals surface area contributed by atoms with Gasteiger partial charge < -0.3 is 5.32 Å². The Morgan fingerprint density at radius 3 is 2.43 bits per heavy atom. The molecule has 1 aromatic carbocycles. The van der Waals surface area contributed by atoms with Gasteiger partial charge in [-0.3, -0.25) is 9.48 Å². The van der Waals surface area contributed by atoms with Gasteiger partial charge in [0.1, 0.15) is 0 Å². The maximum absolute atomic E-state index is 12.6. The van der Waals surface area contributed by atoms with E-state index in [-0.39, 0.29) is 5.91 Å². The summed E-state index contributed by atoms with van der Waals surface area (Å²) in [7, 11) is 1.85. The van der Waals surface area contributed by atoms with Crippen LogP contribution in [0.15, 0.2) is 41.0 Å². The van der Waals surface area contributed by atoms with Crippen LogP contribution in [0.3, 0.4) is 0 Å². The Kier molecular flexibility index (Phi) is 4.50. The second-order valence-corrected chi connectivity index (χ2v) is 7.49. The summed E-state index contributed by atoms with van der Waals surface area (Å²) >= 11 is 3.54. The van der Waals surface area contributed by atoms with Crippen molar-refractivity contribution in [2.75, 3.05) is 5.32 Å². The molecule has 8 heteroatoms. The SMILES string of the molecule is Cc1nn(-c2ccc(C(=O)Nc3cnc4c(c3)c(C)nn4C)cc2)c(C)c1Br. The zero-order valence-electron chi connectivity index (χ0n) is 16.0. The minimum atomic E-state index is -0.191. The molecule has 4 aromatic rings. The van der Waals surface area contributed by atoms with Crippen LogP contribution in [0.1, 0.15) is 27.4 Å². The van der Waals surface area contributed by atoms with Crippen molar-refractivity contribution in [2.45, 2.75) is 20.8 Å². The molecule has 0 bridgehead atoms. The molecule has 142 valence electrons. The number of hydrogen-bond donors (Lipinski definition) is 1. The van der Waals surface area contributed by atoms with Crippen molar-refractivity contribution in [3.8, 4) is 5.69 Å². The third-order valence-corrected chi connectivity index (χ3v) is 5.85. The summed E-state index contributed by atoms with van der Waals surface area (Å²) in [5.74, 6) is -0.191. The van der Waals surface area contributed by atoms with E-state index in [0.29, 0.717) is 11.3 Å². The van der Waals surface area contributed by atoms with E-state index in [0.717, 1.165) is 38.3 Å². The number of nitrogens with zero attached hydrogens (tertiary/aromatic N) is 5. The minimum Gasteiger partial charge on any atom is -0.321 e. The van der Waals surface area contributed by atoms with E-state index < -0.39 is 0 Å². The molecule has 0 unspecified atom stereocenters. The van der Waals surface area contributed by atoms with E-state index in [1.54, 1.807) is 23.0 Å². The molecule has 0 spiro atoms. The third-order valence-electron chi connectivity index (χ3n) is 4.70. The average Bonchev–Trinajstić information content (AvgIpc) is 3.11. The Morgan fingerprint density at radius 1 is 1.07 bits per heavy atom. The van der Waals surface area contributed by atoms with Gasteiger partial charge in [0.2, 0.25) is 0 Å². The number of carbonyl (C=O) groups is 1. The number of fused-ring (bicyclic) bond motifs is 1. The number of aryl methyl sites for hydroxylation is 3. The van der Waals surface area contributed by atoms with E-state index in [2.05, 4.69) is 36.4 Å². The number of halogens is 1. The lowest BCUT2D eigenvalue weighted by molar-refractivity contribution is 0.102. The number of aromatic nitrogens is 5. The fourth-order valence-electron chi connectivity index (χ4n) is 3.21. The molecule has 0 atom stereocenters. The van der Waals surface area contributed by atoms with Crippen LogP contribution >= 0.6 is 15.9 Å². The standard InChI is InChI=1S/C20H19BrN6O/c1-11-17-9-15(10-22-19(17)26(4)24-11)23-20(28)14-5-7-16(8-6-14)27-13(3)18(21)12(2)25-27/h5-10H,1-4H3,(H,23,28). The van der Waals surface area contributed by atoms with Crippen LogP contribution < -0.4 is 5.32 Å². The Hall–Kier alpha value is -3.00. The normalized spacial score (nSPS) is 11.2. The number of nitrogens with one attached hydrogen (secondary N) is 1. The average molecular weight is 439 g/mol. The monoisotopic (exact) mass is 438 g/mol. The number of carbonyl (C=O) groups excluding carboxylic acids is 1. The van der Waals surface area contributed by atoms with Gasteiger partial charge in [0, 0.05) is 18.0 Å². The number of rotatable bonds is 3. The lowest BCUT2D eigenvalue weighted by atomic mass is 10.2. The molecule has 0 saturated heterocycles. The first kappa shape index (κ1) is 18.4. The van der Waals surface area contributed by atoms with Crippen molar-refractivity contribution >= 4 is 38.6 Å². The predicted molar refractivity (Wildman–Crippen MR) is 112 cm³/mol. The van der Waals surface area contributed by atoms with Gasteiger partial charge in [-0.05, 0) is 67.0 Å². The summed E-state index contributed by atoms with van der Waals surface area (Å²) in [6.07, 6.45) is 1.64. The molecule has 0 aliphatic carbocycles. The summed E-state index contributed by atoms with van der Waals surface area (Å²) in [5, 5.41) is 12.7. The summed E-state index contributed by atoms with van der Waals surface area (Å²) in [6.45, 7) is 5.87. The van der Waals surface area contributed by atoms with Gasteiger partial charge in [-0.25, -0.2) is 9.67 Å². The van der Waals surface area contributed by atoms with Crippen LogP contribution in [-0.4, -0.2) is 30.5 Å². The molecule has 0 fully saturated rings. The fourth-order valence-corrected chi connectivity index (χ4v) is 3.46. The topological polar surface area (TPSA) is 77.6 Å². The maximum atomic E-state index is 12.6. The molecule has 0 aliphatic rings. The van der Waals surface area contributed by atoms with Crippen molar-refractivity contribution in [1.82, 2.24) is 24.5 Å². The van der Waals surface area contributed by atoms with Gasteiger partial charge in [-0.15, -0.1) is 0 Å². The Balaban J connectivity index is 1.57. The van der Waals surface area contributed by atoms with Crippen molar-refractivity contribution in [3.63, 3.8) is 0 Å². The van der Waals surface area contributed by atoms with E-state index in [9.17, 15) is 4.79 Å². The number of hydrogen-bond acceptors (Lipinski definition) is 4. The van der Waals surface area contributed by atoms with Gasteiger partial charge in [0.15, 0.2) is 5.65 Å².